The zero-order chi connectivity index (χ0) is 47.3. The number of aromatic nitrogens is 5. The SMILES string of the molecule is CCc1c2c(nc3ccc(O)cc13)-c1cc3c(c(=O)n1C2)COC(O)C3(CC)OC(=O)N(C)CCCCN1CCN(Cc2ccc(-n3c(-c4cc(C(C)C)c(O)cc4O)n[nH]c3=O)cc2)CC1. The van der Waals surface area contributed by atoms with Crippen molar-refractivity contribution in [2.24, 2.45) is 0 Å². The molecule has 1 saturated heterocycles. The fourth-order valence-corrected chi connectivity index (χ4v) is 9.97. The predicted molar refractivity (Wildman–Crippen MR) is 251 cm³/mol. The summed E-state index contributed by atoms with van der Waals surface area (Å²) in [5.74, 6) is 0.201. The van der Waals surface area contributed by atoms with Crippen LogP contribution in [0.4, 0.5) is 4.79 Å². The van der Waals surface area contributed by atoms with Crippen LogP contribution in [0, 0.1) is 0 Å². The van der Waals surface area contributed by atoms with Gasteiger partial charge in [-0.05, 0) is 97.3 Å². The summed E-state index contributed by atoms with van der Waals surface area (Å²) < 4.78 is 15.0. The maximum atomic E-state index is 14.1. The molecular weight excluding hydrogens is 857 g/mol. The molecule has 2 atom stereocenters. The van der Waals surface area contributed by atoms with E-state index in [1.807, 2.05) is 51.1 Å². The lowest BCUT2D eigenvalue weighted by Crippen LogP contribution is -2.51. The fourth-order valence-electron chi connectivity index (χ4n) is 9.97. The number of unbranched alkanes of at least 4 members (excludes halogenated alkanes) is 1. The second-order valence-corrected chi connectivity index (χ2v) is 18.2. The van der Waals surface area contributed by atoms with E-state index in [-0.39, 0.29) is 47.6 Å². The number of hydrogen-bond donors (Lipinski definition) is 5. The van der Waals surface area contributed by atoms with E-state index in [4.69, 9.17) is 14.5 Å². The Hall–Kier alpha value is -6.53. The lowest BCUT2D eigenvalue weighted by molar-refractivity contribution is -0.237. The molecule has 5 N–H and O–H groups in total. The summed E-state index contributed by atoms with van der Waals surface area (Å²) in [6.45, 7) is 13.5. The molecule has 3 aromatic heterocycles. The number of aliphatic hydroxyl groups is 1. The Morgan fingerprint density at radius 3 is 2.42 bits per heavy atom. The molecule has 1 fully saturated rings. The molecule has 9 rings (SSSR count). The van der Waals surface area contributed by atoms with Crippen molar-refractivity contribution in [2.45, 2.75) is 90.9 Å². The molecule has 17 nitrogen and oxygen atoms in total. The van der Waals surface area contributed by atoms with Gasteiger partial charge in [-0.15, -0.1) is 0 Å². The van der Waals surface area contributed by atoms with Gasteiger partial charge in [0, 0.05) is 68.9 Å². The van der Waals surface area contributed by atoms with E-state index in [9.17, 15) is 34.8 Å². The lowest BCUT2D eigenvalue weighted by atomic mass is 9.84. The highest BCUT2D eigenvalue weighted by Gasteiger charge is 2.50. The van der Waals surface area contributed by atoms with E-state index < -0.39 is 23.7 Å². The van der Waals surface area contributed by atoms with Crippen LogP contribution in [0.2, 0.25) is 0 Å². The van der Waals surface area contributed by atoms with Gasteiger partial charge >= 0.3 is 11.8 Å². The summed E-state index contributed by atoms with van der Waals surface area (Å²) in [4.78, 5) is 52.1. The lowest BCUT2D eigenvalue weighted by Gasteiger charge is -2.41. The average molecular weight is 915 g/mol. The second kappa shape index (κ2) is 18.3. The average Bonchev–Trinajstić information content (AvgIpc) is 3.88. The van der Waals surface area contributed by atoms with Crippen molar-refractivity contribution >= 4 is 17.0 Å². The van der Waals surface area contributed by atoms with Crippen LogP contribution in [-0.2, 0) is 41.2 Å². The quantitative estimate of drug-likeness (QED) is 0.0856. The third-order valence-electron chi connectivity index (χ3n) is 13.8. The van der Waals surface area contributed by atoms with E-state index in [0.717, 1.165) is 74.2 Å². The van der Waals surface area contributed by atoms with Gasteiger partial charge in [0.1, 0.15) is 17.2 Å². The zero-order valence-corrected chi connectivity index (χ0v) is 38.6. The molecule has 3 aliphatic heterocycles. The third kappa shape index (κ3) is 8.34. The molecule has 0 spiro atoms. The molecule has 0 aliphatic carbocycles. The molecule has 1 amide bonds. The van der Waals surface area contributed by atoms with Gasteiger partial charge in [0.15, 0.2) is 17.7 Å². The fraction of sp³-hybridized carbons (Fsp3) is 0.420. The number of carbonyl (C=O) groups excluding carboxylic acids is 1. The number of phenols is 3. The first-order chi connectivity index (χ1) is 32.2. The number of aromatic amines is 1. The third-order valence-corrected chi connectivity index (χ3v) is 13.8. The number of nitrogens with one attached hydrogen (secondary N) is 1. The van der Waals surface area contributed by atoms with Crippen molar-refractivity contribution in [1.82, 2.24) is 39.0 Å². The highest BCUT2D eigenvalue weighted by atomic mass is 16.7. The van der Waals surface area contributed by atoms with Gasteiger partial charge in [-0.2, -0.15) is 5.10 Å². The molecule has 0 bridgehead atoms. The predicted octanol–water partition coefficient (Wildman–Crippen LogP) is 5.89. The first-order valence-corrected chi connectivity index (χ1v) is 23.1. The molecule has 3 aliphatic rings. The molecule has 3 aromatic carbocycles. The highest BCUT2D eigenvalue weighted by Crippen LogP contribution is 2.44. The number of pyridine rings is 2. The number of phenolic OH excluding ortho intramolecular Hbond substituents is 3. The summed E-state index contributed by atoms with van der Waals surface area (Å²) in [5.41, 5.74) is 4.97. The number of hydrogen-bond acceptors (Lipinski definition) is 13. The van der Waals surface area contributed by atoms with Gasteiger partial charge < -0.3 is 44.3 Å². The van der Waals surface area contributed by atoms with Gasteiger partial charge in [0.25, 0.3) is 5.56 Å². The van der Waals surface area contributed by atoms with Crippen LogP contribution in [-0.4, -0.2) is 118 Å². The van der Waals surface area contributed by atoms with Crippen LogP contribution < -0.4 is 11.2 Å². The van der Waals surface area contributed by atoms with Crippen LogP contribution >= 0.6 is 0 Å². The van der Waals surface area contributed by atoms with Crippen molar-refractivity contribution in [3.63, 3.8) is 0 Å². The molecule has 6 aromatic rings. The molecule has 67 heavy (non-hydrogen) atoms. The van der Waals surface area contributed by atoms with E-state index in [1.165, 1.54) is 15.5 Å². The topological polar surface area (TPSA) is 212 Å². The number of carbonyl (C=O) groups is 1. The summed E-state index contributed by atoms with van der Waals surface area (Å²) in [5, 5.41) is 50.2. The molecular formula is C50H58N8O9. The van der Waals surface area contributed by atoms with E-state index in [2.05, 4.69) is 20.0 Å². The second-order valence-electron chi connectivity index (χ2n) is 18.2. The van der Waals surface area contributed by atoms with E-state index in [1.54, 1.807) is 42.8 Å². The molecule has 2 unspecified atom stereocenters. The Labute approximate surface area is 387 Å². The normalized spacial score (nSPS) is 18.3. The number of ether oxygens (including phenoxy) is 2. The molecule has 0 radical (unpaired) electrons. The highest BCUT2D eigenvalue weighted by molar-refractivity contribution is 5.89. The maximum Gasteiger partial charge on any atom is 0.410 e. The minimum absolute atomic E-state index is 0.00750. The minimum atomic E-state index is -1.62. The molecule has 6 heterocycles. The number of nitrogens with zero attached hydrogens (tertiary/aromatic N) is 7. The van der Waals surface area contributed by atoms with E-state index >= 15 is 0 Å². The van der Waals surface area contributed by atoms with Crippen LogP contribution in [0.3, 0.4) is 0 Å². The van der Waals surface area contributed by atoms with E-state index in [0.29, 0.717) is 64.4 Å². The number of aliphatic hydroxyl groups excluding tert-OH is 1. The number of aromatic hydroxyl groups is 3. The first-order valence-electron chi connectivity index (χ1n) is 23.1. The Balaban J connectivity index is 0.786. The van der Waals surface area contributed by atoms with Crippen LogP contribution in [0.5, 0.6) is 17.2 Å². The Morgan fingerprint density at radius 1 is 0.955 bits per heavy atom. The van der Waals surface area contributed by atoms with Crippen LogP contribution in [0.25, 0.3) is 39.4 Å². The summed E-state index contributed by atoms with van der Waals surface area (Å²) >= 11 is 0. The van der Waals surface area contributed by atoms with Crippen molar-refractivity contribution < 1.29 is 34.7 Å². The Bertz CT molecular complexity index is 2970. The number of piperazine rings is 1. The van der Waals surface area contributed by atoms with Gasteiger partial charge in [-0.1, -0.05) is 39.8 Å². The number of H-pyrrole nitrogens is 1. The smallest absolute Gasteiger partial charge is 0.410 e. The number of amides is 1. The van der Waals surface area contributed by atoms with Gasteiger partial charge in [-0.25, -0.2) is 24.2 Å². The maximum absolute atomic E-state index is 14.1. The number of benzene rings is 3. The summed E-state index contributed by atoms with van der Waals surface area (Å²) in [6.07, 6.45) is 0.336. The van der Waals surface area contributed by atoms with Gasteiger partial charge in [0.05, 0.1) is 46.9 Å². The van der Waals surface area contributed by atoms with Gasteiger partial charge in [-0.3, -0.25) is 9.69 Å². The van der Waals surface area contributed by atoms with Crippen molar-refractivity contribution in [1.29, 1.82) is 0 Å². The van der Waals surface area contributed by atoms with Crippen molar-refractivity contribution in [3.8, 4) is 45.7 Å². The van der Waals surface area contributed by atoms with Crippen LogP contribution in [0.1, 0.15) is 86.3 Å². The number of aryl methyl sites for hydroxylation is 1. The monoisotopic (exact) mass is 914 g/mol. The van der Waals surface area contributed by atoms with Crippen LogP contribution in [0.15, 0.2) is 70.3 Å². The number of fused-ring (bicyclic) bond motifs is 5. The molecule has 17 heteroatoms. The first kappa shape index (κ1) is 45.6. The minimum Gasteiger partial charge on any atom is -0.508 e. The summed E-state index contributed by atoms with van der Waals surface area (Å²) in [6, 6.07) is 17.6. The number of rotatable bonds is 13. The Morgan fingerprint density at radius 2 is 1.70 bits per heavy atom. The van der Waals surface area contributed by atoms with Crippen molar-refractivity contribution in [2.75, 3.05) is 46.3 Å². The largest absolute Gasteiger partial charge is 0.508 e. The molecule has 0 saturated carbocycles. The summed E-state index contributed by atoms with van der Waals surface area (Å²) in [7, 11) is 1.68. The zero-order valence-electron chi connectivity index (χ0n) is 38.6. The molecule has 352 valence electrons. The van der Waals surface area contributed by atoms with Crippen molar-refractivity contribution in [3.05, 3.63) is 115 Å². The van der Waals surface area contributed by atoms with Gasteiger partial charge in [0.2, 0.25) is 0 Å². The standard InChI is InChI=1S/C50H58N8O9/c1-6-33-35-22-32(59)14-15-40(35)51-44-37(33)27-57-41(44)24-39-38(46(57)62)28-66-47(63)50(39,7-2)67-49(65)54(5)16-8-9-17-55-18-20-56(21-19-55)26-30-10-12-31(13-11-30)58-45(52-53-48(58)64)36-23-34(29(3)4)42(60)25-43(36)61/h10-15,22-25,29,47,59-61,63H,6-9,16-21,26-28H2,1-5H3,(H,53,64). The Kier molecular flexibility index (Phi) is 12.4.